The minimum Gasteiger partial charge on any atom is -0.394 e. The lowest BCUT2D eigenvalue weighted by Gasteiger charge is -2.27. The molecule has 0 rings (SSSR count). The minimum atomic E-state index is -1.25. The maximum Gasteiger partial charge on any atom is 0.249 e. The maximum atomic E-state index is 12.4. The summed E-state index contributed by atoms with van der Waals surface area (Å²) in [6, 6.07) is -0.976. The first kappa shape index (κ1) is 49.3. The number of nitrogens with one attached hydrogen (secondary N) is 1. The van der Waals surface area contributed by atoms with Crippen molar-refractivity contribution in [1.29, 1.82) is 0 Å². The molecule has 0 aliphatic heterocycles. The summed E-state index contributed by atoms with van der Waals surface area (Å²) in [5.74, 6) is -0.582. The van der Waals surface area contributed by atoms with Gasteiger partial charge in [-0.1, -0.05) is 232 Å². The van der Waals surface area contributed by atoms with Crippen LogP contribution in [0.2, 0.25) is 0 Å². The summed E-state index contributed by atoms with van der Waals surface area (Å²) in [6.07, 6.45) is 41.8. The van der Waals surface area contributed by atoms with Crippen LogP contribution >= 0.6 is 0 Å². The Morgan fingerprint density at radius 2 is 0.680 bits per heavy atom. The first-order chi connectivity index (χ1) is 24.5. The molecule has 0 spiro atoms. The van der Waals surface area contributed by atoms with E-state index in [9.17, 15) is 25.2 Å². The van der Waals surface area contributed by atoms with Crippen LogP contribution in [-0.2, 0) is 4.79 Å². The van der Waals surface area contributed by atoms with E-state index in [1.807, 2.05) is 0 Å². The van der Waals surface area contributed by atoms with E-state index in [1.54, 1.807) is 0 Å². The van der Waals surface area contributed by atoms with Gasteiger partial charge in [0.15, 0.2) is 0 Å². The van der Waals surface area contributed by atoms with Crippen LogP contribution in [0.25, 0.3) is 0 Å². The number of hydrogen-bond acceptors (Lipinski definition) is 5. The molecule has 5 N–H and O–H groups in total. The van der Waals surface area contributed by atoms with Crippen molar-refractivity contribution in [3.63, 3.8) is 0 Å². The Balaban J connectivity index is 3.52. The van der Waals surface area contributed by atoms with Gasteiger partial charge in [-0.25, -0.2) is 0 Å². The number of hydrogen-bond donors (Lipinski definition) is 5. The molecule has 4 atom stereocenters. The van der Waals surface area contributed by atoms with E-state index in [-0.39, 0.29) is 0 Å². The lowest BCUT2D eigenvalue weighted by Crippen LogP contribution is -2.53. The van der Waals surface area contributed by atoms with E-state index in [2.05, 4.69) is 19.2 Å². The van der Waals surface area contributed by atoms with Crippen LogP contribution in [0, 0.1) is 0 Å². The molecule has 0 bridgehead atoms. The lowest BCUT2D eigenvalue weighted by molar-refractivity contribution is -0.132. The molecule has 50 heavy (non-hydrogen) atoms. The molecule has 0 aliphatic rings. The van der Waals surface area contributed by atoms with E-state index in [0.29, 0.717) is 12.8 Å². The second kappa shape index (κ2) is 39.5. The van der Waals surface area contributed by atoms with E-state index in [4.69, 9.17) is 0 Å². The molecule has 6 nitrogen and oxygen atoms in total. The smallest absolute Gasteiger partial charge is 0.249 e. The Hall–Kier alpha value is -0.690. The third-order valence-electron chi connectivity index (χ3n) is 10.8. The minimum absolute atomic E-state index is 0.375. The zero-order chi connectivity index (χ0) is 36.8. The fourth-order valence-corrected chi connectivity index (χ4v) is 7.23. The van der Waals surface area contributed by atoms with Crippen LogP contribution < -0.4 is 5.32 Å². The second-order valence-corrected chi connectivity index (χ2v) is 15.8. The van der Waals surface area contributed by atoms with Crippen molar-refractivity contribution < 1.29 is 25.2 Å². The average molecular weight is 712 g/mol. The number of aliphatic hydroxyl groups excluding tert-OH is 4. The van der Waals surface area contributed by atoms with Crippen LogP contribution in [0.5, 0.6) is 0 Å². The summed E-state index contributed by atoms with van der Waals surface area (Å²) in [4.78, 5) is 12.4. The molecule has 0 heterocycles. The number of carbonyl (C=O) groups is 1. The van der Waals surface area contributed by atoms with Gasteiger partial charge < -0.3 is 25.7 Å². The Labute approximate surface area is 311 Å². The van der Waals surface area contributed by atoms with E-state index in [1.165, 1.54) is 180 Å². The fourth-order valence-electron chi connectivity index (χ4n) is 7.23. The van der Waals surface area contributed by atoms with Crippen molar-refractivity contribution in [1.82, 2.24) is 5.32 Å². The molecule has 4 unspecified atom stereocenters. The number of amides is 1. The third-order valence-corrected chi connectivity index (χ3v) is 10.8. The number of carbonyl (C=O) groups excluding carboxylic acids is 1. The average Bonchev–Trinajstić information content (AvgIpc) is 3.12. The molecule has 1 amide bonds. The van der Waals surface area contributed by atoms with Gasteiger partial charge in [0.1, 0.15) is 12.2 Å². The molecule has 0 fully saturated rings. The Morgan fingerprint density at radius 3 is 0.960 bits per heavy atom. The van der Waals surface area contributed by atoms with Crippen molar-refractivity contribution in [3.8, 4) is 0 Å². The van der Waals surface area contributed by atoms with Crippen molar-refractivity contribution in [3.05, 3.63) is 0 Å². The van der Waals surface area contributed by atoms with E-state index in [0.717, 1.165) is 38.5 Å². The molecule has 0 aromatic rings. The Bertz CT molecular complexity index is 677. The fraction of sp³-hybridized carbons (Fsp3) is 0.977. The van der Waals surface area contributed by atoms with Crippen LogP contribution in [0.3, 0.4) is 0 Å². The van der Waals surface area contributed by atoms with Crippen LogP contribution in [-0.4, -0.2) is 57.3 Å². The third kappa shape index (κ3) is 33.2. The largest absolute Gasteiger partial charge is 0.394 e. The van der Waals surface area contributed by atoms with Gasteiger partial charge in [-0.2, -0.15) is 0 Å². The molecule has 0 saturated heterocycles. The van der Waals surface area contributed by atoms with Crippen LogP contribution in [0.4, 0.5) is 0 Å². The highest BCUT2D eigenvalue weighted by molar-refractivity contribution is 5.80. The van der Waals surface area contributed by atoms with Gasteiger partial charge in [-0.05, 0) is 12.8 Å². The molecule has 0 aromatic heterocycles. The first-order valence-electron chi connectivity index (χ1n) is 22.4. The molecular formula is C44H89NO5. The summed E-state index contributed by atoms with van der Waals surface area (Å²) in [5.41, 5.74) is 0. The van der Waals surface area contributed by atoms with Gasteiger partial charge in [-0.3, -0.25) is 4.79 Å². The summed E-state index contributed by atoms with van der Waals surface area (Å²) in [6.45, 7) is 4.01. The predicted molar refractivity (Wildman–Crippen MR) is 215 cm³/mol. The molecule has 0 aliphatic carbocycles. The first-order valence-corrected chi connectivity index (χ1v) is 22.4. The van der Waals surface area contributed by atoms with Gasteiger partial charge >= 0.3 is 0 Å². The summed E-state index contributed by atoms with van der Waals surface area (Å²) < 4.78 is 0. The molecule has 0 radical (unpaired) electrons. The number of aliphatic hydroxyl groups is 4. The highest BCUT2D eigenvalue weighted by atomic mass is 16.3. The standard InChI is InChI=1S/C44H89NO5/c1-3-5-7-9-11-12-13-14-15-16-17-18-19-20-21-22-23-24-25-26-27-28-29-30-32-34-36-38-42(48)44(50)45-40(39-46)43(49)41(47)37-35-33-31-10-8-6-4-2/h40-43,46-49H,3-39H2,1-2H3,(H,45,50). The quantitative estimate of drug-likeness (QED) is 0.0406. The highest BCUT2D eigenvalue weighted by Crippen LogP contribution is 2.17. The van der Waals surface area contributed by atoms with Gasteiger partial charge in [-0.15, -0.1) is 0 Å². The number of unbranched alkanes of at least 4 members (excludes halogenated alkanes) is 32. The zero-order valence-electron chi connectivity index (χ0n) is 33.7. The van der Waals surface area contributed by atoms with Crippen LogP contribution in [0.1, 0.15) is 245 Å². The Morgan fingerprint density at radius 1 is 0.420 bits per heavy atom. The van der Waals surface area contributed by atoms with Gasteiger partial charge in [0.2, 0.25) is 5.91 Å². The molecule has 0 saturated carbocycles. The Kier molecular flexibility index (Phi) is 39.0. The highest BCUT2D eigenvalue weighted by Gasteiger charge is 2.28. The maximum absolute atomic E-state index is 12.4. The number of rotatable bonds is 41. The molecule has 6 heteroatoms. The second-order valence-electron chi connectivity index (χ2n) is 15.8. The lowest BCUT2D eigenvalue weighted by atomic mass is 9.99. The van der Waals surface area contributed by atoms with Crippen molar-refractivity contribution in [2.24, 2.45) is 0 Å². The normalized spacial score (nSPS) is 14.1. The zero-order valence-corrected chi connectivity index (χ0v) is 33.7. The molecular weight excluding hydrogens is 622 g/mol. The van der Waals surface area contributed by atoms with Crippen molar-refractivity contribution >= 4 is 5.91 Å². The van der Waals surface area contributed by atoms with Gasteiger partial charge in [0.25, 0.3) is 0 Å². The van der Waals surface area contributed by atoms with E-state index >= 15 is 0 Å². The van der Waals surface area contributed by atoms with Gasteiger partial charge in [0, 0.05) is 0 Å². The summed E-state index contributed by atoms with van der Waals surface area (Å²) in [5, 5.41) is 43.3. The van der Waals surface area contributed by atoms with Crippen molar-refractivity contribution in [2.75, 3.05) is 6.61 Å². The SMILES string of the molecule is CCCCCCCCCCCCCCCCCCCCCCCCCCCCCC(O)C(=O)NC(CO)C(O)C(O)CCCCCCCCC. The molecule has 300 valence electrons. The molecule has 0 aromatic carbocycles. The summed E-state index contributed by atoms with van der Waals surface area (Å²) in [7, 11) is 0. The predicted octanol–water partition coefficient (Wildman–Crippen LogP) is 11.6. The van der Waals surface area contributed by atoms with E-state index < -0.39 is 36.9 Å². The topological polar surface area (TPSA) is 110 Å². The summed E-state index contributed by atoms with van der Waals surface area (Å²) >= 11 is 0. The van der Waals surface area contributed by atoms with Gasteiger partial charge in [0.05, 0.1) is 18.8 Å². The monoisotopic (exact) mass is 712 g/mol. The van der Waals surface area contributed by atoms with Crippen molar-refractivity contribution in [2.45, 2.75) is 269 Å². The van der Waals surface area contributed by atoms with Crippen LogP contribution in [0.15, 0.2) is 0 Å².